The molecule has 0 aliphatic carbocycles. The summed E-state index contributed by atoms with van der Waals surface area (Å²) in [6.45, 7) is 0. The van der Waals surface area contributed by atoms with Crippen LogP contribution >= 0.6 is 11.3 Å². The maximum atomic E-state index is 6.42. The zero-order valence-electron chi connectivity index (χ0n) is 25.6. The van der Waals surface area contributed by atoms with Crippen molar-refractivity contribution >= 4 is 64.4 Å². The highest BCUT2D eigenvalue weighted by molar-refractivity contribution is 7.26. The van der Waals surface area contributed by atoms with Gasteiger partial charge in [-0.15, -0.1) is 11.3 Å². The van der Waals surface area contributed by atoms with E-state index in [4.69, 9.17) is 19.4 Å². The molecule has 224 valence electrons. The van der Waals surface area contributed by atoms with E-state index in [9.17, 15) is 0 Å². The third-order valence-electron chi connectivity index (χ3n) is 9.11. The highest BCUT2D eigenvalue weighted by atomic mass is 32.1. The first-order valence-electron chi connectivity index (χ1n) is 15.9. The van der Waals surface area contributed by atoms with Crippen LogP contribution in [0.5, 0.6) is 0 Å². The molecule has 0 unspecified atom stereocenters. The Morgan fingerprint density at radius 1 is 0.479 bits per heavy atom. The van der Waals surface area contributed by atoms with Gasteiger partial charge in [0.25, 0.3) is 0 Å². The number of aromatic nitrogens is 3. The molecule has 10 aromatic rings. The predicted octanol–water partition coefficient (Wildman–Crippen LogP) is 12.0. The lowest BCUT2D eigenvalue weighted by Gasteiger charge is -2.11. The lowest BCUT2D eigenvalue weighted by atomic mass is 10.0. The Morgan fingerprint density at radius 3 is 2.04 bits per heavy atom. The fourth-order valence-electron chi connectivity index (χ4n) is 6.82. The molecule has 0 saturated heterocycles. The van der Waals surface area contributed by atoms with Gasteiger partial charge in [-0.05, 0) is 30.3 Å². The van der Waals surface area contributed by atoms with Crippen molar-refractivity contribution in [1.82, 2.24) is 15.0 Å². The van der Waals surface area contributed by atoms with Crippen molar-refractivity contribution < 1.29 is 4.42 Å². The van der Waals surface area contributed by atoms with Crippen LogP contribution in [0.4, 0.5) is 0 Å². The van der Waals surface area contributed by atoms with Gasteiger partial charge >= 0.3 is 0 Å². The average molecular weight is 632 g/mol. The number of hydrogen-bond donors (Lipinski definition) is 0. The highest BCUT2D eigenvalue weighted by Crippen LogP contribution is 2.43. The summed E-state index contributed by atoms with van der Waals surface area (Å²) in [4.78, 5) is 15.5. The van der Waals surface area contributed by atoms with E-state index in [1.807, 2.05) is 47.7 Å². The molecule has 10 rings (SSSR count). The smallest absolute Gasteiger partial charge is 0.160 e. The summed E-state index contributed by atoms with van der Waals surface area (Å²) in [5, 5.41) is 5.79. The van der Waals surface area contributed by atoms with Gasteiger partial charge in [0.2, 0.25) is 0 Å². The zero-order valence-corrected chi connectivity index (χ0v) is 26.4. The van der Waals surface area contributed by atoms with E-state index in [0.717, 1.165) is 66.8 Å². The summed E-state index contributed by atoms with van der Waals surface area (Å²) >= 11 is 1.83. The minimum atomic E-state index is 0.656. The molecule has 0 aliphatic rings. The molecule has 0 bridgehead atoms. The van der Waals surface area contributed by atoms with Crippen molar-refractivity contribution in [3.8, 4) is 45.2 Å². The van der Waals surface area contributed by atoms with Crippen LogP contribution in [-0.2, 0) is 0 Å². The zero-order chi connectivity index (χ0) is 31.6. The standard InChI is InChI=1S/C43H25N3OS/c1-2-11-26(12-3-1)35-25-36(31-17-10-16-30-29-13-5-8-19-37(29)47-41(30)31)46-43(45-35)28-23-21-27(22-24-28)40-39-33-15-6-9-20-38(33)48-42(39)32-14-4-7-18-34(32)44-40/h1-25H. The van der Waals surface area contributed by atoms with E-state index < -0.39 is 0 Å². The molecule has 0 aliphatic heterocycles. The summed E-state index contributed by atoms with van der Waals surface area (Å²) in [5.41, 5.74) is 9.31. The fraction of sp³-hybridized carbons (Fsp3) is 0. The van der Waals surface area contributed by atoms with Crippen LogP contribution < -0.4 is 0 Å². The van der Waals surface area contributed by atoms with Gasteiger partial charge in [0.15, 0.2) is 5.82 Å². The molecular weight excluding hydrogens is 607 g/mol. The minimum absolute atomic E-state index is 0.656. The van der Waals surface area contributed by atoms with Crippen molar-refractivity contribution in [2.45, 2.75) is 0 Å². The number of rotatable bonds is 4. The lowest BCUT2D eigenvalue weighted by Crippen LogP contribution is -1.96. The van der Waals surface area contributed by atoms with Crippen LogP contribution in [0.2, 0.25) is 0 Å². The predicted molar refractivity (Wildman–Crippen MR) is 199 cm³/mol. The topological polar surface area (TPSA) is 51.8 Å². The number of pyridine rings is 1. The van der Waals surface area contributed by atoms with Crippen LogP contribution in [-0.4, -0.2) is 15.0 Å². The van der Waals surface area contributed by atoms with Crippen LogP contribution in [0.15, 0.2) is 156 Å². The van der Waals surface area contributed by atoms with Gasteiger partial charge in [0.05, 0.1) is 22.6 Å². The second-order valence-electron chi connectivity index (χ2n) is 12.0. The second kappa shape index (κ2) is 10.7. The number of hydrogen-bond acceptors (Lipinski definition) is 5. The van der Waals surface area contributed by atoms with Crippen molar-refractivity contribution in [2.75, 3.05) is 0 Å². The molecule has 0 saturated carbocycles. The second-order valence-corrected chi connectivity index (χ2v) is 13.0. The van der Waals surface area contributed by atoms with E-state index in [1.54, 1.807) is 0 Å². The monoisotopic (exact) mass is 631 g/mol. The molecule has 6 aromatic carbocycles. The summed E-state index contributed by atoms with van der Waals surface area (Å²) < 4.78 is 8.95. The number of nitrogens with zero attached hydrogens (tertiary/aromatic N) is 3. The van der Waals surface area contributed by atoms with Crippen LogP contribution in [0.3, 0.4) is 0 Å². The normalized spacial score (nSPS) is 11.8. The Labute approximate surface area is 279 Å². The molecule has 0 radical (unpaired) electrons. The Morgan fingerprint density at radius 2 is 1.17 bits per heavy atom. The van der Waals surface area contributed by atoms with E-state index in [1.165, 1.54) is 25.6 Å². The summed E-state index contributed by atoms with van der Waals surface area (Å²) in [6, 6.07) is 52.3. The SMILES string of the molecule is c1ccc(-c2cc(-c3cccc4c3oc3ccccc34)nc(-c3ccc(-c4nc5ccccc5c5sc6ccccc6c45)cc3)n2)cc1. The van der Waals surface area contributed by atoms with Crippen LogP contribution in [0.25, 0.3) is 98.2 Å². The molecule has 0 amide bonds. The first-order valence-corrected chi connectivity index (χ1v) is 16.8. The van der Waals surface area contributed by atoms with Crippen LogP contribution in [0, 0.1) is 0 Å². The molecule has 4 aromatic heterocycles. The molecule has 4 heterocycles. The average Bonchev–Trinajstić information content (AvgIpc) is 3.74. The first-order chi connectivity index (χ1) is 23.8. The number of fused-ring (bicyclic) bond motifs is 8. The van der Waals surface area contributed by atoms with Gasteiger partial charge in [0.1, 0.15) is 11.2 Å². The highest BCUT2D eigenvalue weighted by Gasteiger charge is 2.18. The van der Waals surface area contributed by atoms with Gasteiger partial charge in [-0.25, -0.2) is 15.0 Å². The van der Waals surface area contributed by atoms with Gasteiger partial charge in [-0.2, -0.15) is 0 Å². The quantitative estimate of drug-likeness (QED) is 0.194. The largest absolute Gasteiger partial charge is 0.455 e. The van der Waals surface area contributed by atoms with E-state index in [0.29, 0.717) is 5.82 Å². The van der Waals surface area contributed by atoms with E-state index in [2.05, 4.69) is 115 Å². The summed E-state index contributed by atoms with van der Waals surface area (Å²) in [7, 11) is 0. The van der Waals surface area contributed by atoms with Crippen molar-refractivity contribution in [2.24, 2.45) is 0 Å². The maximum Gasteiger partial charge on any atom is 0.160 e. The van der Waals surface area contributed by atoms with Crippen LogP contribution in [0.1, 0.15) is 0 Å². The van der Waals surface area contributed by atoms with Crippen molar-refractivity contribution in [1.29, 1.82) is 0 Å². The lowest BCUT2D eigenvalue weighted by molar-refractivity contribution is 0.670. The van der Waals surface area contributed by atoms with E-state index in [-0.39, 0.29) is 0 Å². The van der Waals surface area contributed by atoms with Gasteiger partial charge in [-0.1, -0.05) is 121 Å². The molecule has 5 heteroatoms. The number of furan rings is 1. The van der Waals surface area contributed by atoms with Crippen molar-refractivity contribution in [3.63, 3.8) is 0 Å². The number of thiophene rings is 1. The summed E-state index contributed by atoms with van der Waals surface area (Å²) in [6.07, 6.45) is 0. The van der Waals surface area contributed by atoms with Crippen molar-refractivity contribution in [3.05, 3.63) is 152 Å². The minimum Gasteiger partial charge on any atom is -0.455 e. The Hall–Kier alpha value is -6.17. The maximum absolute atomic E-state index is 6.42. The number of benzene rings is 6. The molecule has 0 atom stereocenters. The van der Waals surface area contributed by atoms with Gasteiger partial charge < -0.3 is 4.42 Å². The molecular formula is C43H25N3OS. The summed E-state index contributed by atoms with van der Waals surface area (Å²) in [5.74, 6) is 0.656. The number of para-hydroxylation sites is 3. The molecule has 4 nitrogen and oxygen atoms in total. The van der Waals surface area contributed by atoms with Gasteiger partial charge in [0, 0.05) is 58.6 Å². The Kier molecular flexibility index (Phi) is 6.01. The third-order valence-corrected chi connectivity index (χ3v) is 10.3. The Bertz CT molecular complexity index is 2830. The fourth-order valence-corrected chi connectivity index (χ4v) is 8.05. The van der Waals surface area contributed by atoms with E-state index >= 15 is 0 Å². The molecule has 0 N–H and O–H groups in total. The third kappa shape index (κ3) is 4.25. The Balaban J connectivity index is 1.15. The molecule has 0 fully saturated rings. The first kappa shape index (κ1) is 27.0. The molecule has 0 spiro atoms. The molecule has 48 heavy (non-hydrogen) atoms. The van der Waals surface area contributed by atoms with Gasteiger partial charge in [-0.3, -0.25) is 0 Å².